The number of H-pyrrole nitrogens is 1. The van der Waals surface area contributed by atoms with Gasteiger partial charge in [-0.2, -0.15) is 5.26 Å². The molecule has 1 amide bonds. The molecule has 0 aliphatic carbocycles. The first kappa shape index (κ1) is 41.9. The van der Waals surface area contributed by atoms with Crippen molar-refractivity contribution in [2.45, 2.75) is 55.6 Å². The van der Waals surface area contributed by atoms with Gasteiger partial charge >= 0.3 is 19.1 Å². The third kappa shape index (κ3) is 8.99. The number of nitrogens with one attached hydrogen (secondary N) is 2. The summed E-state index contributed by atoms with van der Waals surface area (Å²) < 4.78 is 83.0. The van der Waals surface area contributed by atoms with Gasteiger partial charge in [0.05, 0.1) is 38.6 Å². The molecule has 3 saturated heterocycles. The average Bonchev–Trinajstić information content (AvgIpc) is 3.86. The molecule has 1 aromatic carbocycles. The Hall–Kier alpha value is -4.26. The van der Waals surface area contributed by atoms with Gasteiger partial charge in [0.15, 0.2) is 41.8 Å². The normalized spacial score (nSPS) is 31.2. The van der Waals surface area contributed by atoms with Crippen molar-refractivity contribution in [3.63, 3.8) is 0 Å². The van der Waals surface area contributed by atoms with Gasteiger partial charge in [-0.05, 0) is 35.7 Å². The van der Waals surface area contributed by atoms with E-state index in [4.69, 9.17) is 66.8 Å². The van der Waals surface area contributed by atoms with Gasteiger partial charge in [-0.1, -0.05) is 18.2 Å². The van der Waals surface area contributed by atoms with Crippen LogP contribution in [0.3, 0.4) is 0 Å². The summed E-state index contributed by atoms with van der Waals surface area (Å²) in [5, 5.41) is 11.9. The third-order valence-electron chi connectivity index (χ3n) is 8.77. The Labute approximate surface area is 336 Å². The molecule has 0 radical (unpaired) electrons. The fraction of sp³-hybridized carbons (Fsp3) is 0.438. The summed E-state index contributed by atoms with van der Waals surface area (Å²) in [5.74, 6) is -0.445. The first-order valence-electron chi connectivity index (χ1n) is 17.2. The summed E-state index contributed by atoms with van der Waals surface area (Å²) in [5.41, 5.74) is -1.21. The molecule has 0 saturated carbocycles. The molecule has 20 nitrogen and oxygen atoms in total. The van der Waals surface area contributed by atoms with E-state index in [2.05, 4.69) is 25.1 Å². The number of imidazole rings is 1. The predicted molar refractivity (Wildman–Crippen MR) is 202 cm³/mol. The fourth-order valence-electron chi connectivity index (χ4n) is 6.11. The lowest BCUT2D eigenvalue weighted by Gasteiger charge is -2.32. The molecule has 0 bridgehead atoms. The fourth-order valence-corrected chi connectivity index (χ4v) is 10.3. The number of aromatic amines is 1. The lowest BCUT2D eigenvalue weighted by molar-refractivity contribution is -0.0623. The molecule has 4 aromatic rings. The highest BCUT2D eigenvalue weighted by Gasteiger charge is 2.54. The van der Waals surface area contributed by atoms with E-state index in [9.17, 15) is 19.6 Å². The van der Waals surface area contributed by atoms with Crippen LogP contribution in [0.2, 0.25) is 0 Å². The number of aromatic nitrogens is 6. The van der Waals surface area contributed by atoms with E-state index in [0.29, 0.717) is 5.56 Å². The van der Waals surface area contributed by atoms with Gasteiger partial charge in [-0.15, -0.1) is 0 Å². The zero-order valence-corrected chi connectivity index (χ0v) is 33.1. The smallest absolute Gasteiger partial charge is 0.330 e. The van der Waals surface area contributed by atoms with Gasteiger partial charge in [-0.25, -0.2) is 35.1 Å². The number of amides is 1. The molecule has 3 aromatic heterocycles. The third-order valence-corrected chi connectivity index (χ3v) is 13.5. The van der Waals surface area contributed by atoms with Crippen LogP contribution in [0.25, 0.3) is 16.0 Å². The Bertz CT molecular complexity index is 2450. The molecule has 2 N–H and O–H groups in total. The number of hydrogen-bond donors (Lipinski definition) is 2. The Kier molecular flexibility index (Phi) is 12.9. The second kappa shape index (κ2) is 17.9. The zero-order chi connectivity index (χ0) is 41.0. The summed E-state index contributed by atoms with van der Waals surface area (Å²) in [4.78, 5) is 55.3. The SMILES string of the molecule is [C-]#[N+]CCOP1(=S)OC[C@H]2O[C@@H](n3cnc4c(NC(=O)c5ccccc5)ncnc43)[C@@H](F)C2OP(=S)(OCCC#N)OC[C@H]2O[C@@H](n3ccc(=O)[nH]c3=O)[C@@H](F)C2O1. The first-order chi connectivity index (χ1) is 27.9. The number of hydrogen-bond acceptors (Lipinski definition) is 17. The number of anilines is 1. The maximum absolute atomic E-state index is 16.9. The van der Waals surface area contributed by atoms with Crippen molar-refractivity contribution in [3.8, 4) is 6.07 Å². The minimum absolute atomic E-state index is 0.0351. The van der Waals surface area contributed by atoms with Crippen molar-refractivity contribution >= 4 is 59.9 Å². The molecule has 6 heterocycles. The van der Waals surface area contributed by atoms with Crippen molar-refractivity contribution in [3.05, 3.63) is 93.1 Å². The van der Waals surface area contributed by atoms with Gasteiger partial charge in [0.25, 0.3) is 11.5 Å². The topological polar surface area (TPSA) is 230 Å². The number of carbonyl (C=O) groups is 1. The van der Waals surface area contributed by atoms with E-state index in [1.807, 2.05) is 11.1 Å². The lowest BCUT2D eigenvalue weighted by atomic mass is 10.1. The number of ether oxygens (including phenoxy) is 2. The standard InChI is InChI=1S/C32H31F2N9O11P2S2/c1-36-10-13-48-56(58)50-15-20-26(23(34)31(52-20)43-17-39-24-27(37-16-38-28(24)43)41-29(45)18-6-3-2-4-7-18)53-55(57,47-12-5-9-35)49-14-19-25(54-56)22(33)30(51-19)42-11-8-21(44)40-32(42)46/h2-4,6-8,11,16-17,19-20,22-23,25-26,30-31H,5,10,12-15H2,(H,40,44,46)(H,37,38,41,45)/t19-,20-,22+,23+,25?,26?,30-,31-,55?,56?/m1/s1. The number of nitrogens with zero attached hydrogens (tertiary/aromatic N) is 7. The van der Waals surface area contributed by atoms with E-state index in [0.717, 1.165) is 23.2 Å². The second-order valence-corrected chi connectivity index (χ2v) is 18.4. The van der Waals surface area contributed by atoms with Crippen molar-refractivity contribution < 1.29 is 50.2 Å². The van der Waals surface area contributed by atoms with Gasteiger partial charge in [-0.3, -0.25) is 32.8 Å². The molecule has 4 unspecified atom stereocenters. The number of nitriles is 1. The van der Waals surface area contributed by atoms with Crippen LogP contribution in [0, 0.1) is 17.9 Å². The minimum atomic E-state index is -4.08. The van der Waals surface area contributed by atoms with Crippen LogP contribution in [-0.2, 0) is 60.2 Å². The number of halogens is 2. The van der Waals surface area contributed by atoms with Gasteiger partial charge in [0, 0.05) is 17.8 Å². The molecular formula is C32H31F2N9O11P2S2. The van der Waals surface area contributed by atoms with E-state index < -0.39 is 93.0 Å². The molecule has 58 heavy (non-hydrogen) atoms. The quantitative estimate of drug-likeness (QED) is 0.132. The molecule has 7 rings (SSSR count). The van der Waals surface area contributed by atoms with E-state index >= 15 is 8.78 Å². The Balaban J connectivity index is 1.21. The summed E-state index contributed by atoms with van der Waals surface area (Å²) in [6.07, 6.45) is -10.3. The van der Waals surface area contributed by atoms with Crippen LogP contribution in [0.15, 0.2) is 64.8 Å². The Morgan fingerprint density at radius 2 is 1.62 bits per heavy atom. The van der Waals surface area contributed by atoms with Crippen LogP contribution in [0.5, 0.6) is 0 Å². The van der Waals surface area contributed by atoms with Crippen molar-refractivity contribution in [1.29, 1.82) is 5.26 Å². The summed E-state index contributed by atoms with van der Waals surface area (Å²) >= 11 is 11.4. The Morgan fingerprint density at radius 1 is 0.983 bits per heavy atom. The molecule has 306 valence electrons. The van der Waals surface area contributed by atoms with Crippen LogP contribution >= 0.6 is 13.4 Å². The first-order valence-corrected chi connectivity index (χ1v) is 22.3. The predicted octanol–water partition coefficient (Wildman–Crippen LogP) is 3.23. The van der Waals surface area contributed by atoms with Gasteiger partial charge in [0.2, 0.25) is 6.54 Å². The lowest BCUT2D eigenvalue weighted by Crippen LogP contribution is -2.38. The molecule has 3 aliphatic rings. The van der Waals surface area contributed by atoms with Crippen LogP contribution in [0.1, 0.15) is 29.2 Å². The molecule has 26 heteroatoms. The van der Waals surface area contributed by atoms with E-state index in [1.54, 1.807) is 30.3 Å². The summed E-state index contributed by atoms with van der Waals surface area (Å²) in [6.45, 7) is -3.02. The maximum Gasteiger partial charge on any atom is 0.330 e. The molecule has 0 spiro atoms. The maximum atomic E-state index is 16.9. The number of carbonyl (C=O) groups excluding carboxylic acids is 1. The van der Waals surface area contributed by atoms with Crippen molar-refractivity contribution in [2.24, 2.45) is 0 Å². The number of benzene rings is 1. The summed E-state index contributed by atoms with van der Waals surface area (Å²) in [7, 11) is 0. The monoisotopic (exact) mass is 881 g/mol. The van der Waals surface area contributed by atoms with Crippen LogP contribution in [0.4, 0.5) is 14.6 Å². The molecule has 3 aliphatic heterocycles. The highest BCUT2D eigenvalue weighted by molar-refractivity contribution is 8.07. The minimum Gasteiger partial charge on any atom is -0.346 e. The van der Waals surface area contributed by atoms with Crippen molar-refractivity contribution in [1.82, 2.24) is 29.1 Å². The van der Waals surface area contributed by atoms with Crippen LogP contribution in [-0.4, -0.2) is 105 Å². The van der Waals surface area contributed by atoms with Crippen molar-refractivity contribution in [2.75, 3.05) is 38.3 Å². The molecular weight excluding hydrogens is 850 g/mol. The molecule has 10 atom stereocenters. The Morgan fingerprint density at radius 3 is 2.24 bits per heavy atom. The number of fused-ring (bicyclic) bond motifs is 3. The highest BCUT2D eigenvalue weighted by Crippen LogP contribution is 2.58. The number of alkyl halides is 2. The van der Waals surface area contributed by atoms with E-state index in [-0.39, 0.29) is 43.2 Å². The van der Waals surface area contributed by atoms with Gasteiger partial charge in [0.1, 0.15) is 37.4 Å². The largest absolute Gasteiger partial charge is 0.346 e. The van der Waals surface area contributed by atoms with Crippen LogP contribution < -0.4 is 16.6 Å². The highest BCUT2D eigenvalue weighted by atomic mass is 32.5. The zero-order valence-electron chi connectivity index (χ0n) is 29.6. The van der Waals surface area contributed by atoms with Gasteiger partial charge < -0.3 is 37.7 Å². The second-order valence-electron chi connectivity index (χ2n) is 12.5. The number of rotatable bonds is 10. The average molecular weight is 882 g/mol. The summed E-state index contributed by atoms with van der Waals surface area (Å²) in [6, 6.07) is 11.2. The molecule has 3 fully saturated rings. The van der Waals surface area contributed by atoms with E-state index in [1.165, 1.54) is 10.9 Å².